The first-order valence-electron chi connectivity index (χ1n) is 8.35. The predicted octanol–water partition coefficient (Wildman–Crippen LogP) is 4.46. The van der Waals surface area contributed by atoms with Crippen molar-refractivity contribution in [1.29, 1.82) is 0 Å². The lowest BCUT2D eigenvalue weighted by Gasteiger charge is -2.21. The summed E-state index contributed by atoms with van der Waals surface area (Å²) < 4.78 is 27.6. The fourth-order valence-corrected chi connectivity index (χ4v) is 3.63. The largest absolute Gasteiger partial charge is 0.372 e. The van der Waals surface area contributed by atoms with Crippen LogP contribution >= 0.6 is 0 Å². The summed E-state index contributed by atoms with van der Waals surface area (Å²) in [6.45, 7) is 10.2. The maximum atomic E-state index is 12.5. The van der Waals surface area contributed by atoms with E-state index in [2.05, 4.69) is 37.3 Å². The van der Waals surface area contributed by atoms with Gasteiger partial charge in [-0.1, -0.05) is 26.0 Å². The van der Waals surface area contributed by atoms with Gasteiger partial charge in [0.1, 0.15) is 0 Å². The van der Waals surface area contributed by atoms with Gasteiger partial charge in [0.15, 0.2) is 0 Å². The average molecular weight is 346 g/mol. The van der Waals surface area contributed by atoms with E-state index in [4.69, 9.17) is 0 Å². The number of benzene rings is 2. The van der Waals surface area contributed by atoms with E-state index in [0.717, 1.165) is 24.3 Å². The molecule has 2 aromatic rings. The Kier molecular flexibility index (Phi) is 5.89. The Morgan fingerprint density at radius 1 is 0.917 bits per heavy atom. The molecule has 0 aliphatic carbocycles. The molecular weight excluding hydrogens is 320 g/mol. The molecule has 0 heterocycles. The zero-order valence-electron chi connectivity index (χ0n) is 14.8. The molecule has 5 heteroatoms. The van der Waals surface area contributed by atoms with Gasteiger partial charge in [0.05, 0.1) is 4.90 Å². The molecule has 2 rings (SSSR count). The highest BCUT2D eigenvalue weighted by Crippen LogP contribution is 2.22. The summed E-state index contributed by atoms with van der Waals surface area (Å²) in [7, 11) is -3.56. The zero-order valence-corrected chi connectivity index (χ0v) is 15.6. The molecule has 0 bridgehead atoms. The van der Waals surface area contributed by atoms with Crippen LogP contribution in [0.15, 0.2) is 53.4 Å². The van der Waals surface area contributed by atoms with Gasteiger partial charge in [0.2, 0.25) is 0 Å². The van der Waals surface area contributed by atoms with E-state index < -0.39 is 10.0 Å². The molecule has 1 N–H and O–H groups in total. The zero-order chi connectivity index (χ0) is 17.7. The lowest BCUT2D eigenvalue weighted by Crippen LogP contribution is -2.21. The van der Waals surface area contributed by atoms with Gasteiger partial charge in [-0.3, -0.25) is 4.72 Å². The Balaban J connectivity index is 2.16. The summed E-state index contributed by atoms with van der Waals surface area (Å²) >= 11 is 0. The molecule has 0 amide bonds. The van der Waals surface area contributed by atoms with E-state index in [9.17, 15) is 8.42 Å². The summed E-state index contributed by atoms with van der Waals surface area (Å²) in [5.41, 5.74) is 2.78. The van der Waals surface area contributed by atoms with Crippen LogP contribution in [-0.4, -0.2) is 21.5 Å². The van der Waals surface area contributed by atoms with Crippen LogP contribution in [0, 0.1) is 0 Å². The SMILES string of the molecule is CCN(CC)c1ccc(NS(=O)(=O)c2ccc(C(C)C)cc2)cc1. The van der Waals surface area contributed by atoms with Crippen LogP contribution in [0.25, 0.3) is 0 Å². The molecule has 0 aliphatic heterocycles. The summed E-state index contributed by atoms with van der Waals surface area (Å²) in [5.74, 6) is 0.377. The van der Waals surface area contributed by atoms with E-state index in [1.807, 2.05) is 24.3 Å². The van der Waals surface area contributed by atoms with E-state index in [0.29, 0.717) is 11.6 Å². The van der Waals surface area contributed by atoms with Crippen LogP contribution in [0.2, 0.25) is 0 Å². The maximum absolute atomic E-state index is 12.5. The highest BCUT2D eigenvalue weighted by Gasteiger charge is 2.14. The highest BCUT2D eigenvalue weighted by molar-refractivity contribution is 7.92. The predicted molar refractivity (Wildman–Crippen MR) is 101 cm³/mol. The molecule has 24 heavy (non-hydrogen) atoms. The van der Waals surface area contributed by atoms with Gasteiger partial charge in [-0.2, -0.15) is 0 Å². The summed E-state index contributed by atoms with van der Waals surface area (Å²) in [4.78, 5) is 2.49. The van der Waals surface area contributed by atoms with E-state index in [-0.39, 0.29) is 4.90 Å². The minimum Gasteiger partial charge on any atom is -0.372 e. The van der Waals surface area contributed by atoms with Crippen LogP contribution in [0.1, 0.15) is 39.2 Å². The van der Waals surface area contributed by atoms with Gasteiger partial charge in [0, 0.05) is 24.5 Å². The Hall–Kier alpha value is -2.01. The fraction of sp³-hybridized carbons (Fsp3) is 0.368. The third-order valence-corrected chi connectivity index (χ3v) is 5.50. The van der Waals surface area contributed by atoms with Crippen molar-refractivity contribution in [3.05, 3.63) is 54.1 Å². The first-order chi connectivity index (χ1) is 11.4. The van der Waals surface area contributed by atoms with Crippen LogP contribution < -0.4 is 9.62 Å². The number of hydrogen-bond acceptors (Lipinski definition) is 3. The lowest BCUT2D eigenvalue weighted by molar-refractivity contribution is 0.601. The number of hydrogen-bond donors (Lipinski definition) is 1. The molecule has 0 unspecified atom stereocenters. The lowest BCUT2D eigenvalue weighted by atomic mass is 10.0. The maximum Gasteiger partial charge on any atom is 0.261 e. The van der Waals surface area contributed by atoms with Crippen molar-refractivity contribution in [2.24, 2.45) is 0 Å². The molecule has 2 aromatic carbocycles. The van der Waals surface area contributed by atoms with Crippen molar-refractivity contribution in [2.45, 2.75) is 38.5 Å². The second-order valence-corrected chi connectivity index (χ2v) is 7.73. The third kappa shape index (κ3) is 4.29. The van der Waals surface area contributed by atoms with E-state index in [1.54, 1.807) is 24.3 Å². The van der Waals surface area contributed by atoms with Gasteiger partial charge in [0.25, 0.3) is 10.0 Å². The van der Waals surface area contributed by atoms with Crippen molar-refractivity contribution in [3.8, 4) is 0 Å². The van der Waals surface area contributed by atoms with E-state index >= 15 is 0 Å². The standard InChI is InChI=1S/C19H26N2O2S/c1-5-21(6-2)18-11-9-17(10-12-18)20-24(22,23)19-13-7-16(8-14-19)15(3)4/h7-15,20H,5-6H2,1-4H3. The Labute approximate surface area is 145 Å². The van der Waals surface area contributed by atoms with Crippen molar-refractivity contribution >= 4 is 21.4 Å². The molecular formula is C19H26N2O2S. The Bertz CT molecular complexity index is 747. The van der Waals surface area contributed by atoms with Crippen LogP contribution in [0.4, 0.5) is 11.4 Å². The van der Waals surface area contributed by atoms with Crippen molar-refractivity contribution in [2.75, 3.05) is 22.7 Å². The van der Waals surface area contributed by atoms with Crippen molar-refractivity contribution < 1.29 is 8.42 Å². The van der Waals surface area contributed by atoms with Crippen LogP contribution in [0.3, 0.4) is 0 Å². The Morgan fingerprint density at radius 2 is 1.46 bits per heavy atom. The number of rotatable bonds is 7. The van der Waals surface area contributed by atoms with Crippen LogP contribution in [0.5, 0.6) is 0 Å². The van der Waals surface area contributed by atoms with Crippen LogP contribution in [-0.2, 0) is 10.0 Å². The monoisotopic (exact) mass is 346 g/mol. The molecule has 0 aromatic heterocycles. The first kappa shape index (κ1) is 18.3. The number of sulfonamides is 1. The van der Waals surface area contributed by atoms with Gasteiger partial charge in [-0.15, -0.1) is 0 Å². The number of anilines is 2. The number of nitrogens with one attached hydrogen (secondary N) is 1. The second kappa shape index (κ2) is 7.71. The van der Waals surface area contributed by atoms with E-state index in [1.165, 1.54) is 0 Å². The summed E-state index contributed by atoms with van der Waals surface area (Å²) in [6.07, 6.45) is 0. The summed E-state index contributed by atoms with van der Waals surface area (Å²) in [5, 5.41) is 0. The van der Waals surface area contributed by atoms with Gasteiger partial charge < -0.3 is 4.90 Å². The van der Waals surface area contributed by atoms with Crippen molar-refractivity contribution in [3.63, 3.8) is 0 Å². The molecule has 130 valence electrons. The quantitative estimate of drug-likeness (QED) is 0.805. The van der Waals surface area contributed by atoms with Gasteiger partial charge in [-0.25, -0.2) is 8.42 Å². The fourth-order valence-electron chi connectivity index (χ4n) is 2.58. The van der Waals surface area contributed by atoms with Crippen molar-refractivity contribution in [1.82, 2.24) is 0 Å². The Morgan fingerprint density at radius 3 is 1.92 bits per heavy atom. The van der Waals surface area contributed by atoms with Gasteiger partial charge >= 0.3 is 0 Å². The van der Waals surface area contributed by atoms with Gasteiger partial charge in [-0.05, 0) is 61.7 Å². The first-order valence-corrected chi connectivity index (χ1v) is 9.83. The minimum atomic E-state index is -3.56. The summed E-state index contributed by atoms with van der Waals surface area (Å²) in [6, 6.07) is 14.5. The molecule has 0 radical (unpaired) electrons. The smallest absolute Gasteiger partial charge is 0.261 e. The molecule has 0 spiro atoms. The molecule has 0 aliphatic rings. The highest BCUT2D eigenvalue weighted by atomic mass is 32.2. The molecule has 0 saturated heterocycles. The molecule has 0 fully saturated rings. The molecule has 0 saturated carbocycles. The third-order valence-electron chi connectivity index (χ3n) is 4.11. The molecule has 4 nitrogen and oxygen atoms in total. The topological polar surface area (TPSA) is 49.4 Å². The normalized spacial score (nSPS) is 11.5. The molecule has 0 atom stereocenters. The number of nitrogens with zero attached hydrogens (tertiary/aromatic N) is 1. The minimum absolute atomic E-state index is 0.278. The second-order valence-electron chi connectivity index (χ2n) is 6.05. The average Bonchev–Trinajstić information content (AvgIpc) is 2.57.